The van der Waals surface area contributed by atoms with E-state index in [1.165, 1.54) is 4.57 Å². The number of nitrogens with zero attached hydrogens (tertiary/aromatic N) is 3. The highest BCUT2D eigenvalue weighted by Gasteiger charge is 2.23. The summed E-state index contributed by atoms with van der Waals surface area (Å²) < 4.78 is 7.18. The van der Waals surface area contributed by atoms with Crippen LogP contribution in [0, 0.1) is 0 Å². The number of primary amides is 1. The molecule has 29 heavy (non-hydrogen) atoms. The number of hydrogen-bond donors (Lipinski definition) is 2. The summed E-state index contributed by atoms with van der Waals surface area (Å²) in [5.74, 6) is -0.368. The van der Waals surface area contributed by atoms with Gasteiger partial charge in [0.1, 0.15) is 5.52 Å². The fourth-order valence-electron chi connectivity index (χ4n) is 3.91. The molecule has 2 aromatic heterocycles. The Labute approximate surface area is 165 Å². The molecule has 0 spiro atoms. The number of carbonyl (C=O) groups is 1. The van der Waals surface area contributed by atoms with E-state index in [4.69, 9.17) is 10.5 Å². The van der Waals surface area contributed by atoms with Crippen molar-refractivity contribution in [2.45, 2.75) is 25.5 Å². The highest BCUT2D eigenvalue weighted by Crippen LogP contribution is 2.28. The fourth-order valence-corrected chi connectivity index (χ4v) is 3.91. The largest absolute Gasteiger partial charge is 0.376 e. The number of nitrogens with two attached hydrogens (primary N) is 1. The molecule has 1 atom stereocenters. The Kier molecular flexibility index (Phi) is 4.13. The number of benzene rings is 2. The minimum absolute atomic E-state index is 0.00104. The molecule has 146 valence electrons. The predicted molar refractivity (Wildman–Crippen MR) is 109 cm³/mol. The molecule has 0 saturated carbocycles. The number of hydrogen-bond acceptors (Lipinski definition) is 5. The van der Waals surface area contributed by atoms with Gasteiger partial charge in [-0.2, -0.15) is 0 Å². The lowest BCUT2D eigenvalue weighted by molar-refractivity contribution is 0.0970. The molecule has 2 aromatic carbocycles. The van der Waals surface area contributed by atoms with Gasteiger partial charge in [0, 0.05) is 12.2 Å². The zero-order valence-corrected chi connectivity index (χ0v) is 15.6. The molecule has 8 heteroatoms. The van der Waals surface area contributed by atoms with Crippen LogP contribution in [0.2, 0.25) is 0 Å². The van der Waals surface area contributed by atoms with Gasteiger partial charge in [0.15, 0.2) is 17.2 Å². The van der Waals surface area contributed by atoms with E-state index in [-0.39, 0.29) is 23.0 Å². The molecule has 1 aliphatic heterocycles. The van der Waals surface area contributed by atoms with E-state index in [2.05, 4.69) is 15.0 Å². The number of aromatic nitrogens is 4. The lowest BCUT2D eigenvalue weighted by Gasteiger charge is -2.11. The molecule has 1 amide bonds. The van der Waals surface area contributed by atoms with Gasteiger partial charge >= 0.3 is 5.69 Å². The van der Waals surface area contributed by atoms with Crippen LogP contribution in [0.4, 0.5) is 0 Å². The van der Waals surface area contributed by atoms with Gasteiger partial charge in [-0.1, -0.05) is 42.5 Å². The van der Waals surface area contributed by atoms with E-state index in [0.717, 1.165) is 29.2 Å². The minimum Gasteiger partial charge on any atom is -0.376 e. The monoisotopic (exact) mass is 389 g/mol. The van der Waals surface area contributed by atoms with Gasteiger partial charge in [0.2, 0.25) is 0 Å². The molecule has 5 rings (SSSR count). The maximum absolute atomic E-state index is 12.6. The van der Waals surface area contributed by atoms with Crippen LogP contribution in [-0.2, 0) is 11.3 Å². The Hall–Kier alpha value is -3.52. The second kappa shape index (κ2) is 6.82. The Morgan fingerprint density at radius 1 is 1.21 bits per heavy atom. The van der Waals surface area contributed by atoms with Gasteiger partial charge in [-0.25, -0.2) is 14.8 Å². The maximum atomic E-state index is 12.6. The zero-order valence-electron chi connectivity index (χ0n) is 15.6. The van der Waals surface area contributed by atoms with E-state index >= 15 is 0 Å². The van der Waals surface area contributed by atoms with Gasteiger partial charge in [0.25, 0.3) is 5.91 Å². The molecule has 3 N–H and O–H groups in total. The molecule has 0 radical (unpaired) electrons. The van der Waals surface area contributed by atoms with Crippen molar-refractivity contribution in [2.75, 3.05) is 6.61 Å². The summed E-state index contributed by atoms with van der Waals surface area (Å²) in [5, 5.41) is 1.98. The molecular weight excluding hydrogens is 370 g/mol. The number of ether oxygens (including phenoxy) is 1. The van der Waals surface area contributed by atoms with Crippen LogP contribution in [0.15, 0.2) is 47.3 Å². The highest BCUT2D eigenvalue weighted by molar-refractivity contribution is 6.03. The average molecular weight is 389 g/mol. The third kappa shape index (κ3) is 2.98. The van der Waals surface area contributed by atoms with Gasteiger partial charge in [-0.05, 0) is 23.6 Å². The molecule has 1 aliphatic rings. The van der Waals surface area contributed by atoms with Crippen LogP contribution in [0.3, 0.4) is 0 Å². The molecule has 8 nitrogen and oxygen atoms in total. The molecule has 0 aliphatic carbocycles. The van der Waals surface area contributed by atoms with E-state index in [1.54, 1.807) is 0 Å². The van der Waals surface area contributed by atoms with Crippen molar-refractivity contribution in [3.05, 3.63) is 58.6 Å². The molecule has 3 heterocycles. The molecule has 0 bridgehead atoms. The van der Waals surface area contributed by atoms with Crippen LogP contribution in [-0.4, -0.2) is 38.1 Å². The van der Waals surface area contributed by atoms with Gasteiger partial charge in [-0.15, -0.1) is 0 Å². The average Bonchev–Trinajstić information content (AvgIpc) is 3.35. The van der Waals surface area contributed by atoms with E-state index in [0.29, 0.717) is 24.6 Å². The number of aromatic amines is 1. The van der Waals surface area contributed by atoms with Crippen LogP contribution in [0.25, 0.3) is 33.3 Å². The Morgan fingerprint density at radius 3 is 2.83 bits per heavy atom. The lowest BCUT2D eigenvalue weighted by Crippen LogP contribution is -2.24. The third-order valence-electron chi connectivity index (χ3n) is 5.30. The maximum Gasteiger partial charge on any atom is 0.327 e. The van der Waals surface area contributed by atoms with Crippen molar-refractivity contribution >= 4 is 27.8 Å². The van der Waals surface area contributed by atoms with Crippen LogP contribution in [0.5, 0.6) is 0 Å². The first-order valence-electron chi connectivity index (χ1n) is 9.52. The van der Waals surface area contributed by atoms with Gasteiger partial charge in [-0.3, -0.25) is 9.36 Å². The first-order valence-corrected chi connectivity index (χ1v) is 9.52. The van der Waals surface area contributed by atoms with Crippen LogP contribution < -0.4 is 11.4 Å². The molecule has 0 unspecified atom stereocenters. The Balaban J connectivity index is 1.76. The summed E-state index contributed by atoms with van der Waals surface area (Å²) >= 11 is 0. The number of fused-ring (bicyclic) bond motifs is 2. The topological polar surface area (TPSA) is 116 Å². The van der Waals surface area contributed by atoms with Crippen molar-refractivity contribution < 1.29 is 9.53 Å². The minimum atomic E-state index is -0.718. The van der Waals surface area contributed by atoms with E-state index < -0.39 is 5.91 Å². The SMILES string of the molecule is NC(=O)c1nc(-c2cccc3ccccc23)nc2c1[nH]c(=O)n2C[C@H]1CCCO1. The van der Waals surface area contributed by atoms with Crippen molar-refractivity contribution in [3.8, 4) is 11.4 Å². The summed E-state index contributed by atoms with van der Waals surface area (Å²) in [6.07, 6.45) is 1.79. The number of amides is 1. The van der Waals surface area contributed by atoms with Crippen molar-refractivity contribution in [2.24, 2.45) is 5.73 Å². The van der Waals surface area contributed by atoms with E-state index in [1.807, 2.05) is 42.5 Å². The summed E-state index contributed by atoms with van der Waals surface area (Å²) in [6.45, 7) is 1.05. The standard InChI is InChI=1S/C21H19N5O3/c22-18(27)16-17-20(26(21(28)24-17)11-13-7-4-10-29-13)25-19(23-16)15-9-3-6-12-5-1-2-8-14(12)15/h1-3,5-6,8-9,13H,4,7,10-11H2,(H2,22,27)(H,24,28)/t13-/m1/s1. The second-order valence-corrected chi connectivity index (χ2v) is 7.16. The molecular formula is C21H19N5O3. The fraction of sp³-hybridized carbons (Fsp3) is 0.238. The highest BCUT2D eigenvalue weighted by atomic mass is 16.5. The molecule has 1 saturated heterocycles. The number of H-pyrrole nitrogens is 1. The number of carbonyl (C=O) groups excluding carboxylic acids is 1. The number of imidazole rings is 1. The number of nitrogens with one attached hydrogen (secondary N) is 1. The normalized spacial score (nSPS) is 16.6. The van der Waals surface area contributed by atoms with Crippen LogP contribution >= 0.6 is 0 Å². The summed E-state index contributed by atoms with van der Waals surface area (Å²) in [4.78, 5) is 36.5. The lowest BCUT2D eigenvalue weighted by atomic mass is 10.0. The first-order chi connectivity index (χ1) is 14.1. The zero-order chi connectivity index (χ0) is 20.0. The summed E-state index contributed by atoms with van der Waals surface area (Å²) in [7, 11) is 0. The molecule has 1 fully saturated rings. The first kappa shape index (κ1) is 17.6. The quantitative estimate of drug-likeness (QED) is 0.555. The molecule has 4 aromatic rings. The summed E-state index contributed by atoms with van der Waals surface area (Å²) in [6, 6.07) is 13.7. The third-order valence-corrected chi connectivity index (χ3v) is 5.30. The summed E-state index contributed by atoms with van der Waals surface area (Å²) in [5.41, 5.74) is 6.60. The van der Waals surface area contributed by atoms with Crippen molar-refractivity contribution in [3.63, 3.8) is 0 Å². The van der Waals surface area contributed by atoms with E-state index in [9.17, 15) is 9.59 Å². The van der Waals surface area contributed by atoms with Crippen molar-refractivity contribution in [1.29, 1.82) is 0 Å². The second-order valence-electron chi connectivity index (χ2n) is 7.16. The smallest absolute Gasteiger partial charge is 0.327 e. The number of rotatable bonds is 4. The Morgan fingerprint density at radius 2 is 2.03 bits per heavy atom. The van der Waals surface area contributed by atoms with Crippen LogP contribution in [0.1, 0.15) is 23.3 Å². The van der Waals surface area contributed by atoms with Gasteiger partial charge in [0.05, 0.1) is 12.6 Å². The predicted octanol–water partition coefficient (Wildman–Crippen LogP) is 2.22. The van der Waals surface area contributed by atoms with Crippen molar-refractivity contribution in [1.82, 2.24) is 19.5 Å². The Bertz CT molecular complexity index is 1300. The van der Waals surface area contributed by atoms with Gasteiger partial charge < -0.3 is 15.5 Å².